The largest absolute Gasteiger partial charge is 0.366 e. The number of nitrogens with one attached hydrogen (secondary N) is 1. The quantitative estimate of drug-likeness (QED) is 0.883. The highest BCUT2D eigenvalue weighted by Gasteiger charge is 2.46. The minimum absolute atomic E-state index is 0.112. The van der Waals surface area contributed by atoms with Crippen molar-refractivity contribution in [1.82, 2.24) is 4.98 Å². The van der Waals surface area contributed by atoms with Crippen LogP contribution in [0.2, 0.25) is 5.02 Å². The maximum absolute atomic E-state index is 5.97. The predicted octanol–water partition coefficient (Wildman–Crippen LogP) is 3.04. The van der Waals surface area contributed by atoms with E-state index in [0.717, 1.165) is 16.7 Å². The maximum Gasteiger partial charge on any atom is 0.140 e. The molecule has 1 saturated carbocycles. The van der Waals surface area contributed by atoms with Crippen LogP contribution in [0.5, 0.6) is 0 Å². The number of hydrogen-bond donors (Lipinski definition) is 2. The first-order chi connectivity index (χ1) is 7.41. The Hall–Kier alpha value is -0.320. The molecule has 2 atom stereocenters. The van der Waals surface area contributed by atoms with Crippen LogP contribution < -0.4 is 11.1 Å². The first-order valence-electron chi connectivity index (χ1n) is 5.24. The molecule has 1 heterocycles. The Bertz CT molecular complexity index is 408. The number of hydrogen-bond acceptors (Lipinski definition) is 3. The van der Waals surface area contributed by atoms with Crippen LogP contribution in [0.25, 0.3) is 0 Å². The molecular weight excluding hydrogens is 289 g/mol. The number of nitrogens with zero attached hydrogens (tertiary/aromatic N) is 1. The van der Waals surface area contributed by atoms with Gasteiger partial charge in [0.15, 0.2) is 0 Å². The zero-order valence-corrected chi connectivity index (χ0v) is 11.6. The number of nitrogens with two attached hydrogens (primary N) is 1. The summed E-state index contributed by atoms with van der Waals surface area (Å²) in [6.07, 6.45) is 2.62. The van der Waals surface area contributed by atoms with Gasteiger partial charge in [-0.25, -0.2) is 4.98 Å². The Balaban J connectivity index is 2.11. The normalized spacial score (nSPS) is 27.3. The fraction of sp³-hybridized carbons (Fsp3) is 0.545. The molecule has 2 rings (SSSR count). The van der Waals surface area contributed by atoms with Gasteiger partial charge in [0, 0.05) is 23.7 Å². The second-order valence-electron chi connectivity index (χ2n) is 4.84. The fourth-order valence-electron chi connectivity index (χ4n) is 1.89. The molecule has 0 aromatic carbocycles. The first-order valence-corrected chi connectivity index (χ1v) is 6.41. The van der Waals surface area contributed by atoms with Gasteiger partial charge in [0.25, 0.3) is 0 Å². The first kappa shape index (κ1) is 12.1. The summed E-state index contributed by atoms with van der Waals surface area (Å²) in [5, 5.41) is 4.02. The Morgan fingerprint density at radius 1 is 1.62 bits per heavy atom. The Labute approximate surface area is 109 Å². The lowest BCUT2D eigenvalue weighted by Crippen LogP contribution is -2.61. The van der Waals surface area contributed by atoms with Crippen molar-refractivity contribution in [1.29, 1.82) is 0 Å². The zero-order chi connectivity index (χ0) is 11.9. The van der Waals surface area contributed by atoms with Crippen LogP contribution in [0, 0.1) is 5.41 Å². The van der Waals surface area contributed by atoms with Gasteiger partial charge in [-0.05, 0) is 28.4 Å². The van der Waals surface area contributed by atoms with Gasteiger partial charge in [-0.3, -0.25) is 0 Å². The minimum Gasteiger partial charge on any atom is -0.366 e. The fourth-order valence-corrected chi connectivity index (χ4v) is 2.64. The third kappa shape index (κ3) is 2.06. The van der Waals surface area contributed by atoms with E-state index in [9.17, 15) is 0 Å². The Kier molecular flexibility index (Phi) is 3.16. The van der Waals surface area contributed by atoms with Crippen LogP contribution in [0.4, 0.5) is 5.82 Å². The standard InChI is InChI=1S/C11H15BrClN3/c1-11(2)8(14)4-9(11)16-10-7(12)3-6(13)5-15-10/h3,5,8-9H,4,14H2,1-2H3,(H,15,16). The molecule has 1 fully saturated rings. The molecule has 0 saturated heterocycles. The smallest absolute Gasteiger partial charge is 0.140 e. The molecular formula is C11H15BrClN3. The van der Waals surface area contributed by atoms with Crippen molar-refractivity contribution in [2.75, 3.05) is 5.32 Å². The number of halogens is 2. The molecule has 0 bridgehead atoms. The molecule has 1 aromatic rings. The molecule has 88 valence electrons. The lowest BCUT2D eigenvalue weighted by atomic mass is 9.63. The van der Waals surface area contributed by atoms with E-state index in [1.54, 1.807) is 6.20 Å². The van der Waals surface area contributed by atoms with E-state index in [0.29, 0.717) is 11.1 Å². The molecule has 3 nitrogen and oxygen atoms in total. The summed E-state index contributed by atoms with van der Waals surface area (Å²) in [7, 11) is 0. The molecule has 1 aliphatic carbocycles. The Morgan fingerprint density at radius 2 is 2.31 bits per heavy atom. The van der Waals surface area contributed by atoms with E-state index in [-0.39, 0.29) is 11.5 Å². The van der Waals surface area contributed by atoms with Crippen molar-refractivity contribution in [3.8, 4) is 0 Å². The van der Waals surface area contributed by atoms with Crippen LogP contribution in [0.3, 0.4) is 0 Å². The summed E-state index contributed by atoms with van der Waals surface area (Å²) in [4.78, 5) is 4.26. The minimum atomic E-state index is 0.112. The monoisotopic (exact) mass is 303 g/mol. The SMILES string of the molecule is CC1(C)C(N)CC1Nc1ncc(Cl)cc1Br. The highest BCUT2D eigenvalue weighted by molar-refractivity contribution is 9.10. The maximum atomic E-state index is 5.97. The van der Waals surface area contributed by atoms with E-state index in [1.165, 1.54) is 0 Å². The summed E-state index contributed by atoms with van der Waals surface area (Å²) in [5.41, 5.74) is 6.08. The molecule has 0 radical (unpaired) electrons. The van der Waals surface area contributed by atoms with Gasteiger partial charge in [-0.15, -0.1) is 0 Å². The lowest BCUT2D eigenvalue weighted by Gasteiger charge is -2.50. The van der Waals surface area contributed by atoms with E-state index in [2.05, 4.69) is 40.1 Å². The molecule has 1 aliphatic rings. The molecule has 2 unspecified atom stereocenters. The van der Waals surface area contributed by atoms with E-state index < -0.39 is 0 Å². The van der Waals surface area contributed by atoms with Crippen LogP contribution in [-0.2, 0) is 0 Å². The molecule has 0 spiro atoms. The van der Waals surface area contributed by atoms with Gasteiger partial charge in [0.1, 0.15) is 5.82 Å². The highest BCUT2D eigenvalue weighted by atomic mass is 79.9. The van der Waals surface area contributed by atoms with Crippen molar-refractivity contribution < 1.29 is 0 Å². The van der Waals surface area contributed by atoms with Crippen molar-refractivity contribution in [3.05, 3.63) is 21.8 Å². The van der Waals surface area contributed by atoms with Gasteiger partial charge in [-0.2, -0.15) is 0 Å². The third-order valence-electron chi connectivity index (χ3n) is 3.46. The predicted molar refractivity (Wildman–Crippen MR) is 70.7 cm³/mol. The van der Waals surface area contributed by atoms with Gasteiger partial charge in [0.05, 0.1) is 9.50 Å². The average Bonchev–Trinajstić information content (AvgIpc) is 2.21. The van der Waals surface area contributed by atoms with E-state index in [4.69, 9.17) is 17.3 Å². The van der Waals surface area contributed by atoms with Crippen LogP contribution in [0.1, 0.15) is 20.3 Å². The summed E-state index contributed by atoms with van der Waals surface area (Å²) in [5.74, 6) is 0.828. The van der Waals surface area contributed by atoms with Gasteiger partial charge >= 0.3 is 0 Å². The van der Waals surface area contributed by atoms with Crippen LogP contribution in [0.15, 0.2) is 16.7 Å². The van der Waals surface area contributed by atoms with Crippen molar-refractivity contribution in [2.24, 2.45) is 11.1 Å². The van der Waals surface area contributed by atoms with E-state index in [1.807, 2.05) is 6.07 Å². The number of aromatic nitrogens is 1. The molecule has 1 aromatic heterocycles. The number of anilines is 1. The van der Waals surface area contributed by atoms with Crippen molar-refractivity contribution in [2.45, 2.75) is 32.4 Å². The van der Waals surface area contributed by atoms with Crippen molar-refractivity contribution >= 4 is 33.3 Å². The average molecular weight is 305 g/mol. The van der Waals surface area contributed by atoms with Gasteiger partial charge < -0.3 is 11.1 Å². The molecule has 3 N–H and O–H groups in total. The second-order valence-corrected chi connectivity index (χ2v) is 6.14. The van der Waals surface area contributed by atoms with Crippen LogP contribution in [-0.4, -0.2) is 17.1 Å². The zero-order valence-electron chi connectivity index (χ0n) is 9.30. The van der Waals surface area contributed by atoms with E-state index >= 15 is 0 Å². The van der Waals surface area contributed by atoms with Gasteiger partial charge in [-0.1, -0.05) is 25.4 Å². The summed E-state index contributed by atoms with van der Waals surface area (Å²) in [6.45, 7) is 4.34. The lowest BCUT2D eigenvalue weighted by molar-refractivity contribution is 0.117. The molecule has 16 heavy (non-hydrogen) atoms. The summed E-state index contributed by atoms with van der Waals surface area (Å²) in [6, 6.07) is 2.46. The Morgan fingerprint density at radius 3 is 2.81 bits per heavy atom. The summed E-state index contributed by atoms with van der Waals surface area (Å²) < 4.78 is 0.885. The molecule has 5 heteroatoms. The highest BCUT2D eigenvalue weighted by Crippen LogP contribution is 2.41. The molecule has 0 aliphatic heterocycles. The third-order valence-corrected chi connectivity index (χ3v) is 4.27. The number of pyridine rings is 1. The molecule has 0 amide bonds. The number of rotatable bonds is 2. The second kappa shape index (κ2) is 4.17. The summed E-state index contributed by atoms with van der Waals surface area (Å²) >= 11 is 9.28. The van der Waals surface area contributed by atoms with Gasteiger partial charge in [0.2, 0.25) is 0 Å². The van der Waals surface area contributed by atoms with Crippen LogP contribution >= 0.6 is 27.5 Å². The van der Waals surface area contributed by atoms with Crippen molar-refractivity contribution in [3.63, 3.8) is 0 Å². The topological polar surface area (TPSA) is 50.9 Å².